The minimum Gasteiger partial charge on any atom is -0.458 e. The summed E-state index contributed by atoms with van der Waals surface area (Å²) in [6.07, 6.45) is 2.33. The SMILES string of the molecule is CCC1=C(C(=O)S)N2C(=O)/C(=C/c3ccc(COC(C)=O)o3)[C@H]2S1. The number of hydrogen-bond acceptors (Lipinski definition) is 6. The van der Waals surface area contributed by atoms with Crippen molar-refractivity contribution in [1.29, 1.82) is 0 Å². The highest BCUT2D eigenvalue weighted by Crippen LogP contribution is 2.50. The van der Waals surface area contributed by atoms with Crippen molar-refractivity contribution in [2.75, 3.05) is 0 Å². The van der Waals surface area contributed by atoms with Gasteiger partial charge in [-0.15, -0.1) is 0 Å². The summed E-state index contributed by atoms with van der Waals surface area (Å²) in [5.74, 6) is 0.398. The van der Waals surface area contributed by atoms with Gasteiger partial charge in [-0.3, -0.25) is 19.3 Å². The van der Waals surface area contributed by atoms with Crippen LogP contribution in [-0.4, -0.2) is 27.3 Å². The molecule has 1 amide bonds. The van der Waals surface area contributed by atoms with Gasteiger partial charge in [-0.2, -0.15) is 0 Å². The smallest absolute Gasteiger partial charge is 0.303 e. The Kier molecular flexibility index (Phi) is 4.60. The van der Waals surface area contributed by atoms with E-state index in [9.17, 15) is 14.4 Å². The maximum atomic E-state index is 12.4. The van der Waals surface area contributed by atoms with Crippen LogP contribution in [0, 0.1) is 0 Å². The maximum absolute atomic E-state index is 12.4. The van der Waals surface area contributed by atoms with Crippen molar-refractivity contribution in [2.45, 2.75) is 32.2 Å². The summed E-state index contributed by atoms with van der Waals surface area (Å²) >= 11 is 5.35. The van der Waals surface area contributed by atoms with Gasteiger partial charge < -0.3 is 9.15 Å². The van der Waals surface area contributed by atoms with Gasteiger partial charge in [0.15, 0.2) is 0 Å². The third-order valence-corrected chi connectivity index (χ3v) is 5.31. The molecule has 1 saturated heterocycles. The lowest BCUT2D eigenvalue weighted by Crippen LogP contribution is -2.50. The normalized spacial score (nSPS) is 21.1. The van der Waals surface area contributed by atoms with Crippen LogP contribution in [0.3, 0.4) is 0 Å². The van der Waals surface area contributed by atoms with Crippen LogP contribution in [-0.2, 0) is 25.7 Å². The Labute approximate surface area is 148 Å². The molecule has 0 unspecified atom stereocenters. The fraction of sp³-hybridized carbons (Fsp3) is 0.312. The van der Waals surface area contributed by atoms with E-state index in [0.29, 0.717) is 29.2 Å². The van der Waals surface area contributed by atoms with Gasteiger partial charge in [-0.25, -0.2) is 0 Å². The largest absolute Gasteiger partial charge is 0.458 e. The number of thioether (sulfide) groups is 1. The van der Waals surface area contributed by atoms with Gasteiger partial charge in [0.1, 0.15) is 29.2 Å². The molecule has 126 valence electrons. The van der Waals surface area contributed by atoms with Crippen molar-refractivity contribution in [3.05, 3.63) is 39.8 Å². The van der Waals surface area contributed by atoms with Crippen molar-refractivity contribution in [1.82, 2.24) is 4.90 Å². The predicted octanol–water partition coefficient (Wildman–Crippen LogP) is 2.72. The lowest BCUT2D eigenvalue weighted by atomic mass is 10.0. The van der Waals surface area contributed by atoms with Crippen LogP contribution in [0.25, 0.3) is 6.08 Å². The number of furan rings is 1. The second kappa shape index (κ2) is 6.52. The molecule has 2 aliphatic rings. The third kappa shape index (κ3) is 2.91. The van der Waals surface area contributed by atoms with E-state index in [2.05, 4.69) is 12.6 Å². The first-order valence-corrected chi connectivity index (χ1v) is 8.65. The molecule has 24 heavy (non-hydrogen) atoms. The maximum Gasteiger partial charge on any atom is 0.303 e. The van der Waals surface area contributed by atoms with Gasteiger partial charge in [0, 0.05) is 11.8 Å². The Morgan fingerprint density at radius 2 is 2.21 bits per heavy atom. The van der Waals surface area contributed by atoms with E-state index >= 15 is 0 Å². The van der Waals surface area contributed by atoms with E-state index in [1.54, 1.807) is 18.2 Å². The van der Waals surface area contributed by atoms with E-state index in [1.807, 2.05) is 6.92 Å². The monoisotopic (exact) mass is 365 g/mol. The molecule has 1 atom stereocenters. The molecule has 0 aliphatic carbocycles. The molecule has 1 aromatic heterocycles. The Hall–Kier alpha value is -1.93. The summed E-state index contributed by atoms with van der Waals surface area (Å²) in [6.45, 7) is 3.31. The minimum atomic E-state index is -0.393. The zero-order valence-electron chi connectivity index (χ0n) is 13.1. The molecule has 0 radical (unpaired) electrons. The lowest BCUT2D eigenvalue weighted by molar-refractivity contribution is -0.142. The molecule has 1 aromatic rings. The number of carbonyl (C=O) groups is 3. The van der Waals surface area contributed by atoms with Crippen LogP contribution >= 0.6 is 24.4 Å². The first-order valence-electron chi connectivity index (χ1n) is 7.32. The quantitative estimate of drug-likeness (QED) is 0.374. The van der Waals surface area contributed by atoms with Crippen LogP contribution in [0.4, 0.5) is 0 Å². The van der Waals surface area contributed by atoms with Crippen LogP contribution in [0.15, 0.2) is 32.7 Å². The number of ether oxygens (including phenoxy) is 1. The summed E-state index contributed by atoms with van der Waals surface area (Å²) in [7, 11) is 0. The number of rotatable bonds is 5. The van der Waals surface area contributed by atoms with Crippen molar-refractivity contribution in [3.8, 4) is 0 Å². The fourth-order valence-corrected chi connectivity index (χ4v) is 4.23. The molecule has 0 bridgehead atoms. The van der Waals surface area contributed by atoms with Crippen LogP contribution in [0.5, 0.6) is 0 Å². The predicted molar refractivity (Wildman–Crippen MR) is 91.7 cm³/mol. The average Bonchev–Trinajstić information content (AvgIpc) is 3.12. The molecule has 0 aromatic carbocycles. The summed E-state index contributed by atoms with van der Waals surface area (Å²) in [6, 6.07) is 3.40. The highest BCUT2D eigenvalue weighted by Gasteiger charge is 2.51. The number of β-lactam (4-membered cyclic amide) rings is 1. The number of thiol groups is 1. The van der Waals surface area contributed by atoms with E-state index in [4.69, 9.17) is 9.15 Å². The fourth-order valence-electron chi connectivity index (χ4n) is 2.57. The Morgan fingerprint density at radius 1 is 1.46 bits per heavy atom. The van der Waals surface area contributed by atoms with E-state index in [-0.39, 0.29) is 23.9 Å². The van der Waals surface area contributed by atoms with Gasteiger partial charge in [-0.05, 0) is 24.6 Å². The molecule has 0 saturated carbocycles. The summed E-state index contributed by atoms with van der Waals surface area (Å²) < 4.78 is 10.4. The molecular formula is C16H15NO5S2. The number of carbonyl (C=O) groups excluding carboxylic acids is 3. The minimum absolute atomic E-state index is 0.0522. The van der Waals surface area contributed by atoms with Crippen molar-refractivity contribution in [3.63, 3.8) is 0 Å². The molecule has 2 aliphatic heterocycles. The van der Waals surface area contributed by atoms with Crippen LogP contribution < -0.4 is 0 Å². The highest BCUT2D eigenvalue weighted by molar-refractivity contribution is 8.04. The van der Waals surface area contributed by atoms with Gasteiger partial charge in [0.05, 0.1) is 5.57 Å². The van der Waals surface area contributed by atoms with Crippen LogP contribution in [0.1, 0.15) is 31.8 Å². The Morgan fingerprint density at radius 3 is 2.83 bits per heavy atom. The van der Waals surface area contributed by atoms with E-state index in [1.165, 1.54) is 23.6 Å². The number of esters is 1. The molecule has 8 heteroatoms. The van der Waals surface area contributed by atoms with Gasteiger partial charge in [0.2, 0.25) is 5.12 Å². The number of fused-ring (bicyclic) bond motifs is 1. The van der Waals surface area contributed by atoms with E-state index < -0.39 is 5.12 Å². The van der Waals surface area contributed by atoms with Gasteiger partial charge in [-0.1, -0.05) is 31.3 Å². The highest BCUT2D eigenvalue weighted by atomic mass is 32.2. The standard InChI is InChI=1S/C16H15NO5S2/c1-3-12-13(16(20)23)17-14(19)11(15(17)24-12)6-9-4-5-10(22-9)7-21-8(2)18/h4-6,15H,3,7H2,1-2H3,(H,20,23)/b11-6-/t15-/m1/s1. The molecule has 0 spiro atoms. The summed E-state index contributed by atoms with van der Waals surface area (Å²) in [5.41, 5.74) is 0.955. The summed E-state index contributed by atoms with van der Waals surface area (Å²) in [5, 5.41) is -0.600. The Balaban J connectivity index is 1.77. The zero-order valence-corrected chi connectivity index (χ0v) is 14.8. The molecular weight excluding hydrogens is 350 g/mol. The number of hydrogen-bond donors (Lipinski definition) is 1. The first-order chi connectivity index (χ1) is 11.4. The zero-order chi connectivity index (χ0) is 17.4. The van der Waals surface area contributed by atoms with Gasteiger partial charge >= 0.3 is 5.97 Å². The molecule has 3 rings (SSSR count). The second-order valence-electron chi connectivity index (χ2n) is 5.26. The topological polar surface area (TPSA) is 76.8 Å². The summed E-state index contributed by atoms with van der Waals surface area (Å²) in [4.78, 5) is 37.2. The lowest BCUT2D eigenvalue weighted by Gasteiger charge is -2.37. The number of allylic oxidation sites excluding steroid dienone is 1. The van der Waals surface area contributed by atoms with Crippen molar-refractivity contribution >= 4 is 47.5 Å². The van der Waals surface area contributed by atoms with Crippen molar-refractivity contribution < 1.29 is 23.5 Å². The Bertz CT molecular complexity index is 792. The third-order valence-electron chi connectivity index (χ3n) is 3.65. The molecule has 6 nitrogen and oxygen atoms in total. The first kappa shape index (κ1) is 16.9. The number of amides is 1. The van der Waals surface area contributed by atoms with E-state index in [0.717, 1.165) is 4.91 Å². The molecule has 3 heterocycles. The number of nitrogens with zero attached hydrogens (tertiary/aromatic N) is 1. The van der Waals surface area contributed by atoms with Crippen LogP contribution in [0.2, 0.25) is 0 Å². The van der Waals surface area contributed by atoms with Crippen molar-refractivity contribution in [2.24, 2.45) is 0 Å². The molecule has 0 N–H and O–H groups in total. The molecule has 1 fully saturated rings. The second-order valence-corrected chi connectivity index (χ2v) is 6.84. The van der Waals surface area contributed by atoms with Gasteiger partial charge in [0.25, 0.3) is 5.91 Å². The average molecular weight is 365 g/mol.